The molecule has 0 atom stereocenters. The fourth-order valence-corrected chi connectivity index (χ4v) is 5.00. The third-order valence-corrected chi connectivity index (χ3v) is 7.94. The average Bonchev–Trinajstić information content (AvgIpc) is 3.21. The molecule has 0 saturated heterocycles. The molecule has 0 spiro atoms. The third kappa shape index (κ3) is 10.8. The molecule has 2 heterocycles. The van der Waals surface area contributed by atoms with Crippen LogP contribution in [0.15, 0.2) is 103 Å². The Hall–Kier alpha value is -8.08. The van der Waals surface area contributed by atoms with Crippen LogP contribution in [0.4, 0.5) is 22.7 Å². The molecule has 0 radical (unpaired) electrons. The summed E-state index contributed by atoms with van der Waals surface area (Å²) in [6.07, 6.45) is 1.67. The second-order valence-electron chi connectivity index (χ2n) is 12.0. The number of anilines is 4. The number of carbonyl (C=O) groups is 6. The van der Waals surface area contributed by atoms with Gasteiger partial charge in [0.1, 0.15) is 22.8 Å². The van der Waals surface area contributed by atoms with Gasteiger partial charge in [0.15, 0.2) is 5.69 Å². The Morgan fingerprint density at radius 3 is 1.68 bits per heavy atom. The van der Waals surface area contributed by atoms with E-state index in [0.717, 1.165) is 5.56 Å². The topological polar surface area (TPSA) is 247 Å². The van der Waals surface area contributed by atoms with Crippen LogP contribution in [0.3, 0.4) is 0 Å². The summed E-state index contributed by atoms with van der Waals surface area (Å²) in [5, 5.41) is 31.7. The molecule has 0 aliphatic rings. The molecule has 17 heteroatoms. The zero-order valence-electron chi connectivity index (χ0n) is 30.6. The van der Waals surface area contributed by atoms with Crippen molar-refractivity contribution in [3.8, 4) is 17.5 Å². The van der Waals surface area contributed by atoms with Gasteiger partial charge in [-0.2, -0.15) is 0 Å². The number of aromatic hydroxyl groups is 1. The number of ether oxygens (including phenoxy) is 2. The van der Waals surface area contributed by atoms with Gasteiger partial charge in [-0.3, -0.25) is 24.0 Å². The second-order valence-corrected chi connectivity index (χ2v) is 12.0. The molecule has 17 nitrogen and oxygen atoms in total. The largest absolute Gasteiger partial charge is 0.508 e. The molecule has 0 aliphatic heterocycles. The van der Waals surface area contributed by atoms with Crippen molar-refractivity contribution in [3.05, 3.63) is 131 Å². The molecule has 3 aromatic carbocycles. The number of phenolic OH excluding ortho intramolecular Hbond substituents is 1. The van der Waals surface area contributed by atoms with Gasteiger partial charge in [-0.05, 0) is 103 Å². The van der Waals surface area contributed by atoms with Crippen LogP contribution in [0.2, 0.25) is 0 Å². The van der Waals surface area contributed by atoms with E-state index in [1.165, 1.54) is 87.0 Å². The van der Waals surface area contributed by atoms with Crippen molar-refractivity contribution < 1.29 is 48.5 Å². The van der Waals surface area contributed by atoms with E-state index in [9.17, 15) is 33.9 Å². The van der Waals surface area contributed by atoms with Gasteiger partial charge in [0.05, 0.1) is 20.8 Å². The number of phenols is 1. The first-order valence-electron chi connectivity index (χ1n) is 16.9. The van der Waals surface area contributed by atoms with Crippen molar-refractivity contribution >= 4 is 64.3 Å². The van der Waals surface area contributed by atoms with E-state index in [-0.39, 0.29) is 63.9 Å². The highest BCUT2D eigenvalue weighted by molar-refractivity contribution is 6.08. The van der Waals surface area contributed by atoms with E-state index in [1.54, 1.807) is 37.3 Å². The predicted octanol–water partition coefficient (Wildman–Crippen LogP) is 4.81. The van der Waals surface area contributed by atoms with Crippen molar-refractivity contribution in [1.29, 1.82) is 0 Å². The van der Waals surface area contributed by atoms with E-state index in [4.69, 9.17) is 14.6 Å². The summed E-state index contributed by atoms with van der Waals surface area (Å²) in [5.41, 5.74) is 2.39. The average molecular weight is 774 g/mol. The van der Waals surface area contributed by atoms with Crippen molar-refractivity contribution in [1.82, 2.24) is 15.3 Å². The van der Waals surface area contributed by atoms with E-state index in [0.29, 0.717) is 16.9 Å². The minimum absolute atomic E-state index is 0.0679. The van der Waals surface area contributed by atoms with Gasteiger partial charge in [-0.25, -0.2) is 14.8 Å². The predicted molar refractivity (Wildman–Crippen MR) is 209 cm³/mol. The van der Waals surface area contributed by atoms with E-state index >= 15 is 0 Å². The van der Waals surface area contributed by atoms with Gasteiger partial charge >= 0.3 is 5.97 Å². The summed E-state index contributed by atoms with van der Waals surface area (Å²) in [6.45, 7) is 1.31. The van der Waals surface area contributed by atoms with Crippen molar-refractivity contribution in [2.75, 3.05) is 42.0 Å². The van der Waals surface area contributed by atoms with Gasteiger partial charge in [-0.1, -0.05) is 12.1 Å². The lowest BCUT2D eigenvalue weighted by molar-refractivity contribution is -0.115. The van der Waals surface area contributed by atoms with Crippen LogP contribution in [0.5, 0.6) is 17.5 Å². The molecule has 5 rings (SSSR count). The Morgan fingerprint density at radius 1 is 0.614 bits per heavy atom. The first-order valence-corrected chi connectivity index (χ1v) is 16.9. The van der Waals surface area contributed by atoms with Gasteiger partial charge in [0.25, 0.3) is 23.6 Å². The Balaban J connectivity index is 1.09. The number of methoxy groups -OCH3 is 2. The second kappa shape index (κ2) is 18.3. The van der Waals surface area contributed by atoms with Crippen LogP contribution in [-0.2, 0) is 9.59 Å². The highest BCUT2D eigenvalue weighted by Crippen LogP contribution is 2.26. The van der Waals surface area contributed by atoms with Crippen LogP contribution >= 0.6 is 0 Å². The number of rotatable bonds is 14. The fourth-order valence-electron chi connectivity index (χ4n) is 5.00. The summed E-state index contributed by atoms with van der Waals surface area (Å²) in [5.74, 6) is -3.94. The zero-order valence-corrected chi connectivity index (χ0v) is 30.6. The van der Waals surface area contributed by atoms with E-state index in [2.05, 4.69) is 36.6 Å². The molecule has 57 heavy (non-hydrogen) atoms. The molecule has 0 saturated carbocycles. The van der Waals surface area contributed by atoms with Crippen LogP contribution in [0.25, 0.3) is 6.08 Å². The Bertz CT molecular complexity index is 2360. The maximum absolute atomic E-state index is 13.0. The van der Waals surface area contributed by atoms with Crippen molar-refractivity contribution in [3.63, 3.8) is 0 Å². The summed E-state index contributed by atoms with van der Waals surface area (Å²) >= 11 is 0. The van der Waals surface area contributed by atoms with Crippen molar-refractivity contribution in [2.24, 2.45) is 0 Å². The number of nitrogens with zero attached hydrogens (tertiary/aromatic N) is 2. The molecule has 0 fully saturated rings. The van der Waals surface area contributed by atoms with Crippen LogP contribution in [0.1, 0.15) is 54.2 Å². The molecule has 290 valence electrons. The van der Waals surface area contributed by atoms with Crippen LogP contribution < -0.4 is 36.1 Å². The number of carboxylic acid groups (broad SMARTS) is 1. The van der Waals surface area contributed by atoms with Gasteiger partial charge in [-0.15, -0.1) is 0 Å². The van der Waals surface area contributed by atoms with Crippen molar-refractivity contribution in [2.45, 2.75) is 6.92 Å². The van der Waals surface area contributed by atoms with Crippen LogP contribution in [-0.4, -0.2) is 76.5 Å². The normalized spacial score (nSPS) is 10.8. The van der Waals surface area contributed by atoms with Gasteiger partial charge < -0.3 is 46.3 Å². The highest BCUT2D eigenvalue weighted by atomic mass is 16.5. The molecule has 0 aliphatic carbocycles. The number of aromatic nitrogens is 2. The van der Waals surface area contributed by atoms with E-state index in [1.807, 2.05) is 0 Å². The smallest absolute Gasteiger partial charge is 0.354 e. The summed E-state index contributed by atoms with van der Waals surface area (Å²) in [7, 11) is 2.57. The third-order valence-electron chi connectivity index (χ3n) is 7.94. The maximum Gasteiger partial charge on any atom is 0.354 e. The lowest BCUT2D eigenvalue weighted by atomic mass is 10.1. The number of carboxylic acids is 1. The Kier molecular flexibility index (Phi) is 12.9. The lowest BCUT2D eigenvalue weighted by Gasteiger charge is -2.13. The lowest BCUT2D eigenvalue weighted by Crippen LogP contribution is -2.32. The molecular formula is C40H35N7O10. The fraction of sp³-hybridized carbons (Fsp3) is 0.100. The van der Waals surface area contributed by atoms with Gasteiger partial charge in [0, 0.05) is 28.1 Å². The number of pyridine rings is 2. The zero-order chi connectivity index (χ0) is 41.1. The number of aromatic carboxylic acids is 1. The molecular weight excluding hydrogens is 738 g/mol. The molecule has 7 N–H and O–H groups in total. The maximum atomic E-state index is 13.0. The number of hydrogen-bond acceptors (Lipinski definition) is 11. The highest BCUT2D eigenvalue weighted by Gasteiger charge is 2.18. The first-order chi connectivity index (χ1) is 27.3. The van der Waals surface area contributed by atoms with Gasteiger partial charge in [0.2, 0.25) is 17.7 Å². The number of benzene rings is 3. The first kappa shape index (κ1) is 40.1. The summed E-state index contributed by atoms with van der Waals surface area (Å²) in [6, 6.07) is 23.7. The van der Waals surface area contributed by atoms with Crippen LogP contribution in [0, 0.1) is 0 Å². The summed E-state index contributed by atoms with van der Waals surface area (Å²) in [4.78, 5) is 82.9. The van der Waals surface area contributed by atoms with E-state index < -0.39 is 29.6 Å². The number of hydrogen-bond donors (Lipinski definition) is 7. The molecule has 5 amide bonds. The molecule has 2 aromatic heterocycles. The molecule has 0 unspecified atom stereocenters. The quantitative estimate of drug-likeness (QED) is 0.0752. The monoisotopic (exact) mass is 773 g/mol. The Labute approximate surface area is 324 Å². The Morgan fingerprint density at radius 2 is 1.12 bits per heavy atom. The molecule has 5 aromatic rings. The summed E-state index contributed by atoms with van der Waals surface area (Å²) < 4.78 is 10.4. The number of nitrogens with one attached hydrogen (secondary N) is 5. The minimum atomic E-state index is -1.27. The standard InChI is InChI=1S/C40H35N7O10/c1-22(20-23-4-14-28(48)15-5-23)34(50)43-27-12-6-24(7-13-27)35(51)41-21-33(49)42-26-10-8-25(9-11-26)36(52)44-30-17-16-29(46-38(30)56-2)37(53)45-31-18-19-32(40(54)55)47-39(31)57-3/h4-20,48H,21H2,1-3H3,(H,41,51)(H,42,49)(H,43,50)(H,44,52)(H,45,53)(H,54,55)/b22-20+. The molecule has 0 bridgehead atoms. The minimum Gasteiger partial charge on any atom is -0.508 e. The SMILES string of the molecule is COc1nc(C(=O)Nc2ccc(C(=O)O)nc2OC)ccc1NC(=O)c1ccc(NC(=O)CNC(=O)c2ccc(NC(=O)/C(C)=C/c3ccc(O)cc3)cc2)cc1. The number of carbonyl (C=O) groups excluding carboxylic acids is 5. The number of amides is 5.